The summed E-state index contributed by atoms with van der Waals surface area (Å²) in [6, 6.07) is 14.7. The van der Waals surface area contributed by atoms with Gasteiger partial charge in [-0.2, -0.15) is 0 Å². The van der Waals surface area contributed by atoms with E-state index in [0.717, 1.165) is 10.5 Å². The lowest BCUT2D eigenvalue weighted by Crippen LogP contribution is -2.36. The first-order valence-corrected chi connectivity index (χ1v) is 12.1. The molecule has 8 nitrogen and oxygen atoms in total. The van der Waals surface area contributed by atoms with Gasteiger partial charge in [-0.3, -0.25) is 19.3 Å². The number of imide groups is 1. The van der Waals surface area contributed by atoms with Crippen molar-refractivity contribution in [3.63, 3.8) is 0 Å². The molecule has 0 saturated carbocycles. The summed E-state index contributed by atoms with van der Waals surface area (Å²) in [5.41, 5.74) is 2.12. The van der Waals surface area contributed by atoms with Crippen molar-refractivity contribution in [3.8, 4) is 11.3 Å². The minimum absolute atomic E-state index is 0.0441. The van der Waals surface area contributed by atoms with Gasteiger partial charge in [-0.05, 0) is 65.7 Å². The molecule has 0 atom stereocenters. The van der Waals surface area contributed by atoms with E-state index in [2.05, 4.69) is 19.2 Å². The highest BCUT2D eigenvalue weighted by Gasteiger charge is 2.36. The number of nitrogens with zero attached hydrogens (tertiary/aromatic N) is 1. The lowest BCUT2D eigenvalue weighted by atomic mass is 10.0. The Morgan fingerprint density at radius 1 is 1.11 bits per heavy atom. The van der Waals surface area contributed by atoms with Crippen molar-refractivity contribution in [1.82, 2.24) is 4.90 Å². The van der Waals surface area contributed by atoms with Crippen LogP contribution in [0.1, 0.15) is 41.4 Å². The Balaban J connectivity index is 1.45. The van der Waals surface area contributed by atoms with Crippen molar-refractivity contribution >= 4 is 58.1 Å². The average molecular weight is 525 g/mol. The summed E-state index contributed by atoms with van der Waals surface area (Å²) in [4.78, 5) is 49.9. The Bertz CT molecular complexity index is 1390. The monoisotopic (exact) mass is 524 g/mol. The molecule has 1 aliphatic rings. The molecule has 2 N–H and O–H groups in total. The van der Waals surface area contributed by atoms with Crippen LogP contribution in [-0.4, -0.2) is 39.6 Å². The number of carbonyl (C=O) groups is 4. The normalized spacial score (nSPS) is 14.7. The molecule has 1 fully saturated rings. The van der Waals surface area contributed by atoms with Crippen LogP contribution >= 0.6 is 23.4 Å². The number of hydrogen-bond donors (Lipinski definition) is 2. The zero-order valence-electron chi connectivity index (χ0n) is 19.3. The maximum absolute atomic E-state index is 12.8. The van der Waals surface area contributed by atoms with E-state index in [-0.39, 0.29) is 16.2 Å². The Morgan fingerprint density at radius 2 is 1.83 bits per heavy atom. The number of benzene rings is 2. The summed E-state index contributed by atoms with van der Waals surface area (Å²) in [6.45, 7) is 3.71. The van der Waals surface area contributed by atoms with E-state index in [9.17, 15) is 24.3 Å². The van der Waals surface area contributed by atoms with Gasteiger partial charge in [0, 0.05) is 17.3 Å². The van der Waals surface area contributed by atoms with E-state index >= 15 is 0 Å². The van der Waals surface area contributed by atoms with Gasteiger partial charge in [0.15, 0.2) is 0 Å². The molecule has 0 radical (unpaired) electrons. The predicted molar refractivity (Wildman–Crippen MR) is 138 cm³/mol. The SMILES string of the molecule is CC(C)c1ccc(NC(=O)CN2C(=O)S/C(=C\c3ccc(-c4cc(C(=O)O)ccc4Cl)o3)C2=O)cc1. The third kappa shape index (κ3) is 5.53. The number of amides is 3. The molecule has 10 heteroatoms. The molecule has 4 rings (SSSR count). The van der Waals surface area contributed by atoms with Crippen molar-refractivity contribution in [1.29, 1.82) is 0 Å². The molecule has 3 amide bonds. The van der Waals surface area contributed by atoms with Crippen molar-refractivity contribution in [3.05, 3.63) is 81.4 Å². The molecule has 3 aromatic rings. The fourth-order valence-electron chi connectivity index (χ4n) is 3.48. The summed E-state index contributed by atoms with van der Waals surface area (Å²) < 4.78 is 5.72. The number of rotatable bonds is 7. The molecule has 1 aliphatic heterocycles. The van der Waals surface area contributed by atoms with Crippen LogP contribution in [0.3, 0.4) is 0 Å². The molecule has 1 aromatic heterocycles. The Labute approximate surface area is 215 Å². The Morgan fingerprint density at radius 3 is 2.50 bits per heavy atom. The maximum Gasteiger partial charge on any atom is 0.335 e. The van der Waals surface area contributed by atoms with Crippen LogP contribution in [0.15, 0.2) is 63.9 Å². The summed E-state index contributed by atoms with van der Waals surface area (Å²) in [7, 11) is 0. The van der Waals surface area contributed by atoms with Crippen molar-refractivity contribution in [2.75, 3.05) is 11.9 Å². The minimum Gasteiger partial charge on any atom is -0.478 e. The van der Waals surface area contributed by atoms with Gasteiger partial charge in [-0.15, -0.1) is 0 Å². The highest BCUT2D eigenvalue weighted by atomic mass is 35.5. The number of nitrogens with one attached hydrogen (secondary N) is 1. The van der Waals surface area contributed by atoms with Crippen LogP contribution in [0.25, 0.3) is 17.4 Å². The second kappa shape index (κ2) is 10.4. The Hall–Kier alpha value is -3.82. The smallest absolute Gasteiger partial charge is 0.335 e. The molecule has 184 valence electrons. The summed E-state index contributed by atoms with van der Waals surface area (Å²) in [5.74, 6) is -1.29. The van der Waals surface area contributed by atoms with Crippen molar-refractivity contribution in [2.24, 2.45) is 0 Å². The van der Waals surface area contributed by atoms with Crippen molar-refractivity contribution in [2.45, 2.75) is 19.8 Å². The summed E-state index contributed by atoms with van der Waals surface area (Å²) >= 11 is 6.89. The molecule has 36 heavy (non-hydrogen) atoms. The van der Waals surface area contributed by atoms with Gasteiger partial charge in [0.25, 0.3) is 11.1 Å². The van der Waals surface area contributed by atoms with Crippen LogP contribution in [0, 0.1) is 0 Å². The fraction of sp³-hybridized carbons (Fsp3) is 0.154. The average Bonchev–Trinajstić information content (AvgIpc) is 3.39. The van der Waals surface area contributed by atoms with E-state index < -0.39 is 29.6 Å². The maximum atomic E-state index is 12.8. The number of hydrogen-bond acceptors (Lipinski definition) is 6. The summed E-state index contributed by atoms with van der Waals surface area (Å²) in [5, 5.41) is 11.6. The van der Waals surface area contributed by atoms with Crippen LogP contribution in [0.5, 0.6) is 0 Å². The van der Waals surface area contributed by atoms with Crippen LogP contribution in [0.2, 0.25) is 5.02 Å². The van der Waals surface area contributed by atoms with Gasteiger partial charge in [0.1, 0.15) is 18.1 Å². The highest BCUT2D eigenvalue weighted by Crippen LogP contribution is 2.35. The number of carboxylic acid groups (broad SMARTS) is 1. The molecular weight excluding hydrogens is 504 g/mol. The number of halogens is 1. The van der Waals surface area contributed by atoms with Gasteiger partial charge in [0.05, 0.1) is 15.5 Å². The zero-order chi connectivity index (χ0) is 26.0. The first-order valence-electron chi connectivity index (χ1n) is 10.9. The summed E-state index contributed by atoms with van der Waals surface area (Å²) in [6.07, 6.45) is 1.39. The van der Waals surface area contributed by atoms with E-state index in [1.165, 1.54) is 24.3 Å². The number of carboxylic acids is 1. The lowest BCUT2D eigenvalue weighted by Gasteiger charge is -2.13. The topological polar surface area (TPSA) is 117 Å². The largest absolute Gasteiger partial charge is 0.478 e. The number of anilines is 1. The van der Waals surface area contributed by atoms with Gasteiger partial charge in [-0.1, -0.05) is 37.6 Å². The second-order valence-electron chi connectivity index (χ2n) is 8.29. The number of aromatic carboxylic acids is 1. The molecule has 0 bridgehead atoms. The standard InChI is InChI=1S/C26H21ClN2O6S/c1-14(2)15-3-6-17(7-4-15)28-23(30)13-29-24(31)22(36-26(29)34)12-18-8-10-21(35-18)19-11-16(25(32)33)5-9-20(19)27/h3-12,14H,13H2,1-2H3,(H,28,30)(H,32,33)/b22-12-. The fourth-order valence-corrected chi connectivity index (χ4v) is 4.51. The molecule has 2 aromatic carbocycles. The molecule has 0 unspecified atom stereocenters. The van der Waals surface area contributed by atoms with Gasteiger partial charge in [-0.25, -0.2) is 4.79 Å². The van der Waals surface area contributed by atoms with E-state index in [4.69, 9.17) is 16.0 Å². The number of thioether (sulfide) groups is 1. The first-order chi connectivity index (χ1) is 17.1. The quantitative estimate of drug-likeness (QED) is 0.359. The molecule has 2 heterocycles. The van der Waals surface area contributed by atoms with E-state index in [0.29, 0.717) is 39.7 Å². The van der Waals surface area contributed by atoms with Gasteiger partial charge >= 0.3 is 5.97 Å². The van der Waals surface area contributed by atoms with Crippen molar-refractivity contribution < 1.29 is 28.7 Å². The zero-order valence-corrected chi connectivity index (χ0v) is 20.9. The third-order valence-corrected chi connectivity index (χ3v) is 6.65. The predicted octanol–water partition coefficient (Wildman–Crippen LogP) is 6.10. The highest BCUT2D eigenvalue weighted by molar-refractivity contribution is 8.18. The number of furan rings is 1. The number of carbonyl (C=O) groups excluding carboxylic acids is 3. The Kier molecular flexibility index (Phi) is 7.32. The van der Waals surface area contributed by atoms with E-state index in [1.807, 2.05) is 12.1 Å². The van der Waals surface area contributed by atoms with Gasteiger partial charge < -0.3 is 14.8 Å². The molecular formula is C26H21ClN2O6S. The lowest BCUT2D eigenvalue weighted by molar-refractivity contribution is -0.127. The third-order valence-electron chi connectivity index (χ3n) is 5.42. The van der Waals surface area contributed by atoms with E-state index in [1.54, 1.807) is 24.3 Å². The van der Waals surface area contributed by atoms with Crippen LogP contribution in [-0.2, 0) is 9.59 Å². The molecule has 1 saturated heterocycles. The van der Waals surface area contributed by atoms with Crippen LogP contribution in [0.4, 0.5) is 10.5 Å². The minimum atomic E-state index is -1.11. The van der Waals surface area contributed by atoms with Crippen LogP contribution < -0.4 is 5.32 Å². The second-order valence-corrected chi connectivity index (χ2v) is 9.69. The first kappa shape index (κ1) is 25.3. The van der Waals surface area contributed by atoms with Gasteiger partial charge in [0.2, 0.25) is 5.91 Å². The molecule has 0 spiro atoms. The molecule has 0 aliphatic carbocycles.